The molecule has 0 bridgehead atoms. The van der Waals surface area contributed by atoms with E-state index in [9.17, 15) is 0 Å². The molecule has 2 heterocycles. The van der Waals surface area contributed by atoms with E-state index in [-0.39, 0.29) is 6.04 Å². The third kappa shape index (κ3) is 1.87. The van der Waals surface area contributed by atoms with Crippen LogP contribution in [0.5, 0.6) is 0 Å². The van der Waals surface area contributed by atoms with Crippen LogP contribution >= 0.6 is 0 Å². The zero-order valence-corrected chi connectivity index (χ0v) is 7.83. The number of nitrogens with one attached hydrogen (secondary N) is 1. The zero-order chi connectivity index (χ0) is 9.10. The SMILES string of the molecule is Cc1cccnc1C1CNCC[N]1. The predicted molar refractivity (Wildman–Crippen MR) is 51.6 cm³/mol. The van der Waals surface area contributed by atoms with Gasteiger partial charge in [0.15, 0.2) is 0 Å². The van der Waals surface area contributed by atoms with E-state index in [4.69, 9.17) is 0 Å². The topological polar surface area (TPSA) is 39.0 Å². The molecular formula is C10H14N3. The Balaban J connectivity index is 2.18. The normalized spacial score (nSPS) is 23.0. The van der Waals surface area contributed by atoms with Gasteiger partial charge in [-0.25, -0.2) is 5.32 Å². The van der Waals surface area contributed by atoms with Crippen LogP contribution in [0.2, 0.25) is 0 Å². The lowest BCUT2D eigenvalue weighted by atomic mass is 10.1. The zero-order valence-electron chi connectivity index (χ0n) is 7.83. The van der Waals surface area contributed by atoms with E-state index in [0.717, 1.165) is 25.3 Å². The number of piperazine rings is 1. The maximum atomic E-state index is 4.54. The highest BCUT2D eigenvalue weighted by atomic mass is 15.1. The minimum absolute atomic E-state index is 0.259. The molecule has 2 rings (SSSR count). The van der Waals surface area contributed by atoms with Crippen LogP contribution in [-0.2, 0) is 0 Å². The summed E-state index contributed by atoms with van der Waals surface area (Å²) in [4.78, 5) is 4.37. The highest BCUT2D eigenvalue weighted by Crippen LogP contribution is 2.15. The summed E-state index contributed by atoms with van der Waals surface area (Å²) >= 11 is 0. The number of hydrogen-bond donors (Lipinski definition) is 1. The first-order chi connectivity index (χ1) is 6.38. The number of aromatic nitrogens is 1. The second kappa shape index (κ2) is 3.85. The van der Waals surface area contributed by atoms with Crippen LogP contribution in [0.1, 0.15) is 17.3 Å². The first-order valence-corrected chi connectivity index (χ1v) is 4.67. The number of hydrogen-bond acceptors (Lipinski definition) is 2. The number of aryl methyl sites for hydroxylation is 1. The van der Waals surface area contributed by atoms with Gasteiger partial charge in [0.05, 0.1) is 11.7 Å². The molecule has 1 aliphatic heterocycles. The van der Waals surface area contributed by atoms with E-state index >= 15 is 0 Å². The molecular weight excluding hydrogens is 162 g/mol. The fraction of sp³-hybridized carbons (Fsp3) is 0.500. The molecule has 3 nitrogen and oxygen atoms in total. The Kier molecular flexibility index (Phi) is 2.57. The first kappa shape index (κ1) is 8.66. The largest absolute Gasteiger partial charge is 0.313 e. The van der Waals surface area contributed by atoms with Gasteiger partial charge in [0.2, 0.25) is 0 Å². The van der Waals surface area contributed by atoms with E-state index in [1.807, 2.05) is 12.3 Å². The van der Waals surface area contributed by atoms with E-state index in [1.54, 1.807) is 0 Å². The minimum Gasteiger partial charge on any atom is -0.313 e. The predicted octanol–water partition coefficient (Wildman–Crippen LogP) is 0.639. The Labute approximate surface area is 78.6 Å². The second-order valence-electron chi connectivity index (χ2n) is 3.33. The van der Waals surface area contributed by atoms with Crippen molar-refractivity contribution in [1.82, 2.24) is 15.6 Å². The van der Waals surface area contributed by atoms with Gasteiger partial charge in [-0.15, -0.1) is 0 Å². The van der Waals surface area contributed by atoms with Gasteiger partial charge in [-0.2, -0.15) is 0 Å². The highest BCUT2D eigenvalue weighted by molar-refractivity contribution is 5.21. The van der Waals surface area contributed by atoms with Gasteiger partial charge in [0.25, 0.3) is 0 Å². The summed E-state index contributed by atoms with van der Waals surface area (Å²) in [6, 6.07) is 4.32. The van der Waals surface area contributed by atoms with Crippen LogP contribution in [0.15, 0.2) is 18.3 Å². The Bertz CT molecular complexity index is 279. The summed E-state index contributed by atoms with van der Waals surface area (Å²) in [5.41, 5.74) is 2.36. The van der Waals surface area contributed by atoms with Crippen molar-refractivity contribution in [3.63, 3.8) is 0 Å². The summed E-state index contributed by atoms with van der Waals surface area (Å²) in [6.45, 7) is 4.92. The van der Waals surface area contributed by atoms with Crippen LogP contribution in [-0.4, -0.2) is 24.6 Å². The van der Waals surface area contributed by atoms with Gasteiger partial charge in [0.1, 0.15) is 0 Å². The van der Waals surface area contributed by atoms with Gasteiger partial charge in [0, 0.05) is 25.8 Å². The minimum atomic E-state index is 0.259. The van der Waals surface area contributed by atoms with E-state index in [2.05, 4.69) is 28.6 Å². The summed E-state index contributed by atoms with van der Waals surface area (Å²) in [5.74, 6) is 0. The van der Waals surface area contributed by atoms with Crippen LogP contribution in [0.3, 0.4) is 0 Å². The fourth-order valence-corrected chi connectivity index (χ4v) is 1.63. The average molecular weight is 176 g/mol. The molecule has 1 unspecified atom stereocenters. The van der Waals surface area contributed by atoms with Crippen molar-refractivity contribution in [2.24, 2.45) is 0 Å². The summed E-state index contributed by atoms with van der Waals surface area (Å²) < 4.78 is 0. The van der Waals surface area contributed by atoms with Crippen LogP contribution in [0, 0.1) is 6.92 Å². The van der Waals surface area contributed by atoms with Gasteiger partial charge in [-0.1, -0.05) is 6.07 Å². The van der Waals surface area contributed by atoms with Gasteiger partial charge >= 0.3 is 0 Å². The third-order valence-electron chi connectivity index (χ3n) is 2.34. The standard InChI is InChI=1S/C10H14N3/c1-8-3-2-4-13-10(8)9-7-11-5-6-12-9/h2-4,9,11H,5-7H2,1H3. The fourth-order valence-electron chi connectivity index (χ4n) is 1.63. The lowest BCUT2D eigenvalue weighted by Gasteiger charge is -2.23. The third-order valence-corrected chi connectivity index (χ3v) is 2.34. The van der Waals surface area contributed by atoms with Crippen molar-refractivity contribution >= 4 is 0 Å². The lowest BCUT2D eigenvalue weighted by Crippen LogP contribution is -2.39. The maximum Gasteiger partial charge on any atom is 0.0795 e. The Hall–Kier alpha value is -0.930. The molecule has 0 saturated carbocycles. The summed E-state index contributed by atoms with van der Waals surface area (Å²) in [6.07, 6.45) is 1.84. The number of rotatable bonds is 1. The van der Waals surface area contributed by atoms with Gasteiger partial charge in [-0.05, 0) is 18.6 Å². The molecule has 0 spiro atoms. The molecule has 1 aromatic rings. The monoisotopic (exact) mass is 176 g/mol. The molecule has 1 aromatic heterocycles. The molecule has 1 saturated heterocycles. The smallest absolute Gasteiger partial charge is 0.0795 e. The molecule has 69 valence electrons. The summed E-state index contributed by atoms with van der Waals surface area (Å²) in [7, 11) is 0. The first-order valence-electron chi connectivity index (χ1n) is 4.67. The molecule has 3 heteroatoms. The van der Waals surface area contributed by atoms with E-state index < -0.39 is 0 Å². The van der Waals surface area contributed by atoms with E-state index in [1.165, 1.54) is 5.56 Å². The number of pyridine rings is 1. The lowest BCUT2D eigenvalue weighted by molar-refractivity contribution is 0.413. The molecule has 1 aliphatic rings. The van der Waals surface area contributed by atoms with Gasteiger partial charge in [-0.3, -0.25) is 4.98 Å². The molecule has 0 amide bonds. The van der Waals surface area contributed by atoms with Crippen molar-refractivity contribution in [3.05, 3.63) is 29.6 Å². The van der Waals surface area contributed by atoms with Crippen molar-refractivity contribution in [2.75, 3.05) is 19.6 Å². The Morgan fingerprint density at radius 1 is 1.54 bits per heavy atom. The van der Waals surface area contributed by atoms with Crippen molar-refractivity contribution in [2.45, 2.75) is 13.0 Å². The van der Waals surface area contributed by atoms with Crippen molar-refractivity contribution < 1.29 is 0 Å². The van der Waals surface area contributed by atoms with Gasteiger partial charge < -0.3 is 5.32 Å². The van der Waals surface area contributed by atoms with Crippen molar-refractivity contribution in [1.29, 1.82) is 0 Å². The van der Waals surface area contributed by atoms with Crippen LogP contribution < -0.4 is 10.6 Å². The quantitative estimate of drug-likeness (QED) is 0.682. The Morgan fingerprint density at radius 3 is 3.15 bits per heavy atom. The molecule has 0 aliphatic carbocycles. The summed E-state index contributed by atoms with van der Waals surface area (Å²) in [5, 5.41) is 7.86. The molecule has 1 fully saturated rings. The molecule has 13 heavy (non-hydrogen) atoms. The maximum absolute atomic E-state index is 4.54. The Morgan fingerprint density at radius 2 is 2.46 bits per heavy atom. The molecule has 1 N–H and O–H groups in total. The van der Waals surface area contributed by atoms with Crippen molar-refractivity contribution in [3.8, 4) is 0 Å². The van der Waals surface area contributed by atoms with Crippen LogP contribution in [0.4, 0.5) is 0 Å². The molecule has 1 atom stereocenters. The highest BCUT2D eigenvalue weighted by Gasteiger charge is 2.17. The van der Waals surface area contributed by atoms with Crippen LogP contribution in [0.25, 0.3) is 0 Å². The van der Waals surface area contributed by atoms with E-state index in [0.29, 0.717) is 0 Å². The molecule has 0 aromatic carbocycles. The average Bonchev–Trinajstić information content (AvgIpc) is 2.20. The second-order valence-corrected chi connectivity index (χ2v) is 3.33. The number of nitrogens with zero attached hydrogens (tertiary/aromatic N) is 2. The molecule has 1 radical (unpaired) electrons.